The van der Waals surface area contributed by atoms with Crippen molar-refractivity contribution in [1.82, 2.24) is 10.2 Å². The third-order valence-electron chi connectivity index (χ3n) is 4.26. The van der Waals surface area contributed by atoms with E-state index >= 15 is 0 Å². The first-order valence-electron chi connectivity index (χ1n) is 9.88. The Bertz CT molecular complexity index is 621. The van der Waals surface area contributed by atoms with Gasteiger partial charge >= 0.3 is 5.97 Å². The summed E-state index contributed by atoms with van der Waals surface area (Å²) in [6.45, 7) is 2.11. The third kappa shape index (κ3) is 10.6. The molecular weight excluding hydrogens is 374 g/mol. The molecule has 9 heteroatoms. The van der Waals surface area contributed by atoms with Gasteiger partial charge in [-0.2, -0.15) is 0 Å². The van der Waals surface area contributed by atoms with Crippen LogP contribution in [0.2, 0.25) is 0 Å². The molecule has 1 atom stereocenters. The molecule has 0 bridgehead atoms. The Morgan fingerprint density at radius 2 is 1.69 bits per heavy atom. The van der Waals surface area contributed by atoms with Crippen molar-refractivity contribution in [3.8, 4) is 0 Å². The Morgan fingerprint density at radius 3 is 2.31 bits per heavy atom. The van der Waals surface area contributed by atoms with E-state index in [1.165, 1.54) is 0 Å². The molecule has 0 spiro atoms. The number of benzene rings is 1. The number of nitrogens with zero attached hydrogens (tertiary/aromatic N) is 1. The number of carbonyl (C=O) groups is 3. The maximum absolute atomic E-state index is 12.1. The van der Waals surface area contributed by atoms with Crippen LogP contribution < -0.4 is 22.5 Å². The molecule has 0 fully saturated rings. The van der Waals surface area contributed by atoms with Gasteiger partial charge in [0.2, 0.25) is 11.8 Å². The van der Waals surface area contributed by atoms with Crippen LogP contribution in [0.4, 0.5) is 0 Å². The van der Waals surface area contributed by atoms with E-state index in [0.717, 1.165) is 5.56 Å². The van der Waals surface area contributed by atoms with Crippen LogP contribution >= 0.6 is 0 Å². The maximum atomic E-state index is 12.1. The van der Waals surface area contributed by atoms with Crippen LogP contribution in [0.5, 0.6) is 0 Å². The van der Waals surface area contributed by atoms with Crippen LogP contribution in [0.1, 0.15) is 31.2 Å². The van der Waals surface area contributed by atoms with E-state index < -0.39 is 6.04 Å². The highest BCUT2D eigenvalue weighted by Crippen LogP contribution is 2.03. The summed E-state index contributed by atoms with van der Waals surface area (Å²) in [4.78, 5) is 37.4. The molecule has 7 N–H and O–H groups in total. The van der Waals surface area contributed by atoms with Gasteiger partial charge in [-0.1, -0.05) is 30.3 Å². The predicted octanol–water partition coefficient (Wildman–Crippen LogP) is -0.520. The summed E-state index contributed by atoms with van der Waals surface area (Å²) in [5, 5.41) is 2.68. The van der Waals surface area contributed by atoms with E-state index in [0.29, 0.717) is 39.1 Å². The van der Waals surface area contributed by atoms with Crippen molar-refractivity contribution in [3.63, 3.8) is 0 Å². The number of hydrogen-bond donors (Lipinski definition) is 4. The predicted molar refractivity (Wildman–Crippen MR) is 110 cm³/mol. The minimum atomic E-state index is -0.790. The zero-order valence-electron chi connectivity index (χ0n) is 16.8. The number of esters is 1. The third-order valence-corrected chi connectivity index (χ3v) is 4.26. The smallest absolute Gasteiger partial charge is 0.306 e. The molecule has 0 saturated carbocycles. The molecule has 0 radical (unpaired) electrons. The molecule has 0 aliphatic rings. The van der Waals surface area contributed by atoms with Crippen LogP contribution in [-0.2, 0) is 25.7 Å². The zero-order chi connectivity index (χ0) is 21.5. The van der Waals surface area contributed by atoms with Gasteiger partial charge in [0.25, 0.3) is 0 Å². The fourth-order valence-corrected chi connectivity index (χ4v) is 2.63. The lowest BCUT2D eigenvalue weighted by molar-refractivity contribution is -0.145. The number of nitrogens with two attached hydrogens (primary N) is 3. The Morgan fingerprint density at radius 1 is 1.03 bits per heavy atom. The summed E-state index contributed by atoms with van der Waals surface area (Å²) in [7, 11) is 0. The van der Waals surface area contributed by atoms with Crippen molar-refractivity contribution in [2.45, 2.75) is 38.3 Å². The summed E-state index contributed by atoms with van der Waals surface area (Å²) in [5.74, 6) is -0.789. The molecule has 29 heavy (non-hydrogen) atoms. The lowest BCUT2D eigenvalue weighted by Gasteiger charge is -2.22. The first kappa shape index (κ1) is 24.5. The van der Waals surface area contributed by atoms with E-state index in [4.69, 9.17) is 21.9 Å². The maximum Gasteiger partial charge on any atom is 0.306 e. The van der Waals surface area contributed by atoms with Crippen LogP contribution in [-0.4, -0.2) is 61.4 Å². The highest BCUT2D eigenvalue weighted by atomic mass is 16.5. The Balaban J connectivity index is 2.18. The van der Waals surface area contributed by atoms with Crippen LogP contribution in [0.15, 0.2) is 30.3 Å². The van der Waals surface area contributed by atoms with Gasteiger partial charge in [-0.05, 0) is 18.4 Å². The van der Waals surface area contributed by atoms with Crippen molar-refractivity contribution >= 4 is 17.8 Å². The molecule has 0 aliphatic heterocycles. The first-order chi connectivity index (χ1) is 14.0. The standard InChI is InChI=1S/C20H33N5O4/c21-10-13-25(14-11-22)18(26)9-8-17(23)20(28)24-12-4-7-19(27)29-15-16-5-2-1-3-6-16/h1-3,5-6,17H,4,7-15,21-23H2,(H,24,28)/t17-/m0/s1. The molecule has 0 heterocycles. The van der Waals surface area contributed by atoms with Gasteiger partial charge < -0.3 is 32.2 Å². The fraction of sp³-hybridized carbons (Fsp3) is 0.550. The van der Waals surface area contributed by atoms with Crippen molar-refractivity contribution in [2.75, 3.05) is 32.7 Å². The van der Waals surface area contributed by atoms with Gasteiger partial charge in [0, 0.05) is 45.6 Å². The molecule has 2 amide bonds. The van der Waals surface area contributed by atoms with Crippen molar-refractivity contribution < 1.29 is 19.1 Å². The summed E-state index contributed by atoms with van der Waals surface area (Å²) in [5.41, 5.74) is 17.7. The van der Waals surface area contributed by atoms with Crippen LogP contribution in [0.3, 0.4) is 0 Å². The highest BCUT2D eigenvalue weighted by Gasteiger charge is 2.18. The highest BCUT2D eigenvalue weighted by molar-refractivity contribution is 5.83. The van der Waals surface area contributed by atoms with Gasteiger partial charge in [-0.3, -0.25) is 14.4 Å². The monoisotopic (exact) mass is 407 g/mol. The molecule has 0 unspecified atom stereocenters. The lowest BCUT2D eigenvalue weighted by Crippen LogP contribution is -2.43. The topological polar surface area (TPSA) is 154 Å². The van der Waals surface area contributed by atoms with E-state index in [9.17, 15) is 14.4 Å². The quantitative estimate of drug-likeness (QED) is 0.239. The summed E-state index contributed by atoms with van der Waals surface area (Å²) >= 11 is 0. The minimum absolute atomic E-state index is 0.120. The first-order valence-corrected chi connectivity index (χ1v) is 9.88. The number of hydrogen-bond acceptors (Lipinski definition) is 7. The minimum Gasteiger partial charge on any atom is -0.461 e. The van der Waals surface area contributed by atoms with E-state index in [1.807, 2.05) is 30.3 Å². The van der Waals surface area contributed by atoms with Gasteiger partial charge in [0.1, 0.15) is 6.61 Å². The summed E-state index contributed by atoms with van der Waals surface area (Å²) in [6, 6.07) is 8.62. The molecule has 0 saturated heterocycles. The Hall–Kier alpha value is -2.49. The average Bonchev–Trinajstić information content (AvgIpc) is 2.73. The molecule has 1 aromatic carbocycles. The van der Waals surface area contributed by atoms with Crippen molar-refractivity contribution in [2.24, 2.45) is 17.2 Å². The number of ether oxygens (including phenoxy) is 1. The van der Waals surface area contributed by atoms with Crippen LogP contribution in [0.25, 0.3) is 0 Å². The van der Waals surface area contributed by atoms with Gasteiger partial charge in [0.15, 0.2) is 0 Å². The largest absolute Gasteiger partial charge is 0.461 e. The van der Waals surface area contributed by atoms with Crippen LogP contribution in [0, 0.1) is 0 Å². The Kier molecular flexibility index (Phi) is 12.3. The van der Waals surface area contributed by atoms with E-state index in [2.05, 4.69) is 5.32 Å². The molecule has 0 aliphatic carbocycles. The fourth-order valence-electron chi connectivity index (χ4n) is 2.63. The molecule has 1 aromatic rings. The average molecular weight is 408 g/mol. The molecule has 1 rings (SSSR count). The number of amides is 2. The van der Waals surface area contributed by atoms with Gasteiger partial charge in [-0.15, -0.1) is 0 Å². The molecule has 162 valence electrons. The van der Waals surface area contributed by atoms with Crippen molar-refractivity contribution in [1.29, 1.82) is 0 Å². The Labute approximate surface area is 171 Å². The number of rotatable bonds is 14. The van der Waals surface area contributed by atoms with E-state index in [1.54, 1.807) is 4.90 Å². The zero-order valence-corrected chi connectivity index (χ0v) is 16.8. The summed E-state index contributed by atoms with van der Waals surface area (Å²) in [6.07, 6.45) is 1.04. The molecule has 9 nitrogen and oxygen atoms in total. The SMILES string of the molecule is NCCN(CCN)C(=O)CC[C@H](N)C(=O)NCCCC(=O)OCc1ccccc1. The second-order valence-corrected chi connectivity index (χ2v) is 6.64. The second kappa shape index (κ2) is 14.5. The lowest BCUT2D eigenvalue weighted by atomic mass is 10.1. The number of nitrogens with one attached hydrogen (secondary N) is 1. The number of carbonyl (C=O) groups excluding carboxylic acids is 3. The second-order valence-electron chi connectivity index (χ2n) is 6.64. The molecular formula is C20H33N5O4. The van der Waals surface area contributed by atoms with Crippen molar-refractivity contribution in [3.05, 3.63) is 35.9 Å². The normalized spacial score (nSPS) is 11.6. The van der Waals surface area contributed by atoms with Gasteiger partial charge in [0.05, 0.1) is 6.04 Å². The summed E-state index contributed by atoms with van der Waals surface area (Å²) < 4.78 is 5.17. The molecule has 0 aromatic heterocycles. The van der Waals surface area contributed by atoms with Gasteiger partial charge in [-0.25, -0.2) is 0 Å². The van der Waals surface area contributed by atoms with E-state index in [-0.39, 0.29) is 43.7 Å².